The van der Waals surface area contributed by atoms with E-state index in [0.717, 1.165) is 5.56 Å². The first-order chi connectivity index (χ1) is 9.44. The maximum Gasteiger partial charge on any atom is 0.329 e. The Hall–Kier alpha value is -2.15. The van der Waals surface area contributed by atoms with Crippen LogP contribution >= 0.6 is 0 Å². The van der Waals surface area contributed by atoms with Crippen LogP contribution in [0.15, 0.2) is 18.2 Å². The molecule has 7 heteroatoms. The van der Waals surface area contributed by atoms with Crippen molar-refractivity contribution in [2.24, 2.45) is 0 Å². The second kappa shape index (κ2) is 5.46. The van der Waals surface area contributed by atoms with Crippen LogP contribution < -0.4 is 5.32 Å². The highest BCUT2D eigenvalue weighted by Gasteiger charge is 2.40. The number of hydrogen-bond donors (Lipinski definition) is 2. The molecule has 0 aliphatic carbocycles. The largest absolute Gasteiger partial charge is 0.480 e. The molecule has 0 amide bonds. The number of nitro benzene ring substituents is 1. The number of nitrogens with zero attached hydrogens (tertiary/aromatic N) is 1. The first-order valence-electron chi connectivity index (χ1n) is 6.29. The fourth-order valence-electron chi connectivity index (χ4n) is 2.23. The molecule has 1 aliphatic rings. The molecule has 1 heterocycles. The summed E-state index contributed by atoms with van der Waals surface area (Å²) in [6.07, 6.45) is 0.648. The molecule has 1 saturated heterocycles. The maximum absolute atomic E-state index is 11.6. The maximum atomic E-state index is 11.6. The number of ether oxygens (including phenoxy) is 1. The van der Waals surface area contributed by atoms with Gasteiger partial charge in [0.05, 0.1) is 4.92 Å². The number of anilines is 1. The van der Waals surface area contributed by atoms with Crippen molar-refractivity contribution in [3.05, 3.63) is 33.9 Å². The number of benzene rings is 1. The lowest BCUT2D eigenvalue weighted by Gasteiger charge is -2.35. The summed E-state index contributed by atoms with van der Waals surface area (Å²) in [6.45, 7) is 2.49. The lowest BCUT2D eigenvalue weighted by atomic mass is 9.89. The lowest BCUT2D eigenvalue weighted by Crippen LogP contribution is -2.50. The Labute approximate surface area is 115 Å². The molecule has 0 spiro atoms. The van der Waals surface area contributed by atoms with E-state index in [9.17, 15) is 20.0 Å². The molecule has 0 atom stereocenters. The quantitative estimate of drug-likeness (QED) is 0.645. The molecule has 0 unspecified atom stereocenters. The SMILES string of the molecule is Cc1ccc([N+](=O)[O-])cc1NC1(C(=O)O)CCOCC1. The first kappa shape index (κ1) is 14.3. The molecule has 2 rings (SSSR count). The molecule has 1 aliphatic heterocycles. The lowest BCUT2D eigenvalue weighted by molar-refractivity contribution is -0.384. The van der Waals surface area contributed by atoms with Crippen molar-refractivity contribution in [2.75, 3.05) is 18.5 Å². The second-order valence-electron chi connectivity index (χ2n) is 4.88. The molecule has 0 radical (unpaired) electrons. The summed E-state index contributed by atoms with van der Waals surface area (Å²) in [6, 6.07) is 4.38. The van der Waals surface area contributed by atoms with Gasteiger partial charge in [0.1, 0.15) is 5.54 Å². The van der Waals surface area contributed by atoms with E-state index >= 15 is 0 Å². The number of hydrogen-bond acceptors (Lipinski definition) is 5. The third-order valence-corrected chi connectivity index (χ3v) is 3.56. The monoisotopic (exact) mass is 280 g/mol. The van der Waals surface area contributed by atoms with E-state index in [1.165, 1.54) is 12.1 Å². The summed E-state index contributed by atoms with van der Waals surface area (Å²) in [5.41, 5.74) is 0.0509. The number of nitrogens with one attached hydrogen (secondary N) is 1. The molecule has 108 valence electrons. The van der Waals surface area contributed by atoms with Crippen molar-refractivity contribution in [2.45, 2.75) is 25.3 Å². The van der Waals surface area contributed by atoms with Crippen molar-refractivity contribution in [1.29, 1.82) is 0 Å². The van der Waals surface area contributed by atoms with Gasteiger partial charge in [-0.25, -0.2) is 4.79 Å². The number of carboxylic acids is 1. The smallest absolute Gasteiger partial charge is 0.329 e. The van der Waals surface area contributed by atoms with Gasteiger partial charge < -0.3 is 15.2 Å². The Balaban J connectivity index is 2.33. The van der Waals surface area contributed by atoms with Gasteiger partial charge in [-0.3, -0.25) is 10.1 Å². The molecule has 0 aromatic heterocycles. The number of carboxylic acid groups (broad SMARTS) is 1. The van der Waals surface area contributed by atoms with E-state index in [1.54, 1.807) is 13.0 Å². The average Bonchev–Trinajstić information content (AvgIpc) is 2.42. The normalized spacial score (nSPS) is 17.4. The molecular formula is C13H16N2O5. The van der Waals surface area contributed by atoms with Crippen molar-refractivity contribution < 1.29 is 19.6 Å². The average molecular weight is 280 g/mol. The molecule has 1 aromatic rings. The highest BCUT2D eigenvalue weighted by molar-refractivity contribution is 5.83. The standard InChI is InChI=1S/C13H16N2O5/c1-9-2-3-10(15(18)19)8-11(9)14-13(12(16)17)4-6-20-7-5-13/h2-3,8,14H,4-7H2,1H3,(H,16,17). The fourth-order valence-corrected chi connectivity index (χ4v) is 2.23. The summed E-state index contributed by atoms with van der Waals surface area (Å²) in [5.74, 6) is -0.966. The van der Waals surface area contributed by atoms with Gasteiger partial charge in [-0.2, -0.15) is 0 Å². The number of rotatable bonds is 4. The molecule has 0 bridgehead atoms. The predicted molar refractivity (Wildman–Crippen MR) is 71.9 cm³/mol. The number of carbonyl (C=O) groups is 1. The third-order valence-electron chi connectivity index (χ3n) is 3.56. The minimum absolute atomic E-state index is 0.0642. The first-order valence-corrected chi connectivity index (χ1v) is 6.29. The van der Waals surface area contributed by atoms with E-state index in [4.69, 9.17) is 4.74 Å². The zero-order chi connectivity index (χ0) is 14.8. The van der Waals surface area contributed by atoms with Crippen LogP contribution in [-0.4, -0.2) is 34.8 Å². The topological polar surface area (TPSA) is 102 Å². The number of aliphatic carboxylic acids is 1. The molecular weight excluding hydrogens is 264 g/mol. The van der Waals surface area contributed by atoms with Crippen LogP contribution in [0.3, 0.4) is 0 Å². The predicted octanol–water partition coefficient (Wildman–Crippen LogP) is 1.95. The van der Waals surface area contributed by atoms with Gasteiger partial charge in [-0.15, -0.1) is 0 Å². The van der Waals surface area contributed by atoms with E-state index in [1.807, 2.05) is 0 Å². The Morgan fingerprint density at radius 2 is 2.10 bits per heavy atom. The van der Waals surface area contributed by atoms with Crippen LogP contribution in [0.1, 0.15) is 18.4 Å². The van der Waals surface area contributed by atoms with Gasteiger partial charge in [0.25, 0.3) is 5.69 Å². The molecule has 0 saturated carbocycles. The molecule has 2 N–H and O–H groups in total. The van der Waals surface area contributed by atoms with E-state index in [2.05, 4.69) is 5.32 Å². The molecule has 1 aromatic carbocycles. The number of nitro groups is 1. The summed E-state index contributed by atoms with van der Waals surface area (Å²) in [5, 5.41) is 23.3. The highest BCUT2D eigenvalue weighted by atomic mass is 16.6. The second-order valence-corrected chi connectivity index (χ2v) is 4.88. The van der Waals surface area contributed by atoms with Crippen molar-refractivity contribution >= 4 is 17.3 Å². The van der Waals surface area contributed by atoms with Gasteiger partial charge in [0.15, 0.2) is 0 Å². The van der Waals surface area contributed by atoms with Crippen LogP contribution in [0.4, 0.5) is 11.4 Å². The fraction of sp³-hybridized carbons (Fsp3) is 0.462. The zero-order valence-corrected chi connectivity index (χ0v) is 11.1. The van der Waals surface area contributed by atoms with E-state index < -0.39 is 16.4 Å². The molecule has 7 nitrogen and oxygen atoms in total. The van der Waals surface area contributed by atoms with E-state index in [0.29, 0.717) is 31.7 Å². The van der Waals surface area contributed by atoms with Crippen molar-refractivity contribution in [3.8, 4) is 0 Å². The van der Waals surface area contributed by atoms with Gasteiger partial charge in [-0.1, -0.05) is 6.07 Å². The zero-order valence-electron chi connectivity index (χ0n) is 11.1. The van der Waals surface area contributed by atoms with Gasteiger partial charge in [0.2, 0.25) is 0 Å². The van der Waals surface area contributed by atoms with Crippen molar-refractivity contribution in [3.63, 3.8) is 0 Å². The van der Waals surface area contributed by atoms with Crippen LogP contribution in [0, 0.1) is 17.0 Å². The summed E-state index contributed by atoms with van der Waals surface area (Å²) in [4.78, 5) is 21.9. The van der Waals surface area contributed by atoms with Crippen LogP contribution in [0.25, 0.3) is 0 Å². The summed E-state index contributed by atoms with van der Waals surface area (Å²) < 4.78 is 5.19. The Morgan fingerprint density at radius 1 is 1.45 bits per heavy atom. The number of non-ortho nitro benzene ring substituents is 1. The highest BCUT2D eigenvalue weighted by Crippen LogP contribution is 2.30. The van der Waals surface area contributed by atoms with Gasteiger partial charge in [-0.05, 0) is 12.5 Å². The minimum atomic E-state index is -1.13. The summed E-state index contributed by atoms with van der Waals surface area (Å²) in [7, 11) is 0. The Bertz CT molecular complexity index is 538. The third kappa shape index (κ3) is 2.72. The molecule has 20 heavy (non-hydrogen) atoms. The van der Waals surface area contributed by atoms with Crippen LogP contribution in [0.5, 0.6) is 0 Å². The molecule has 1 fully saturated rings. The van der Waals surface area contributed by atoms with E-state index in [-0.39, 0.29) is 5.69 Å². The van der Waals surface area contributed by atoms with Crippen LogP contribution in [-0.2, 0) is 9.53 Å². The minimum Gasteiger partial charge on any atom is -0.480 e. The van der Waals surface area contributed by atoms with Gasteiger partial charge >= 0.3 is 5.97 Å². The Morgan fingerprint density at radius 3 is 2.65 bits per heavy atom. The van der Waals surface area contributed by atoms with Gasteiger partial charge in [0, 0.05) is 43.9 Å². The van der Waals surface area contributed by atoms with Crippen molar-refractivity contribution in [1.82, 2.24) is 0 Å². The summed E-state index contributed by atoms with van der Waals surface area (Å²) >= 11 is 0. The Kier molecular flexibility index (Phi) is 3.89. The number of aryl methyl sites for hydroxylation is 1. The van der Waals surface area contributed by atoms with Crippen LogP contribution in [0.2, 0.25) is 0 Å².